The van der Waals surface area contributed by atoms with E-state index in [0.717, 1.165) is 5.69 Å². The predicted molar refractivity (Wildman–Crippen MR) is 93.9 cm³/mol. The molecule has 1 atom stereocenters. The molecule has 2 fully saturated rings. The maximum atomic E-state index is 12.5. The molecule has 0 spiro atoms. The number of rotatable bonds is 4. The van der Waals surface area contributed by atoms with Gasteiger partial charge in [-0.05, 0) is 31.4 Å². The van der Waals surface area contributed by atoms with E-state index in [1.165, 1.54) is 37.0 Å². The van der Waals surface area contributed by atoms with Crippen LogP contribution in [-0.4, -0.2) is 54.8 Å². The van der Waals surface area contributed by atoms with Gasteiger partial charge in [0.25, 0.3) is 5.91 Å². The molecule has 24 heavy (non-hydrogen) atoms. The molecule has 1 aliphatic heterocycles. The minimum absolute atomic E-state index is 0.0521. The lowest BCUT2D eigenvalue weighted by Crippen LogP contribution is -2.38. The second-order valence-corrected chi connectivity index (χ2v) is 9.11. The Bertz CT molecular complexity index is 682. The van der Waals surface area contributed by atoms with Crippen LogP contribution in [0.2, 0.25) is 0 Å². The number of nitrogens with one attached hydrogen (secondary N) is 1. The summed E-state index contributed by atoms with van der Waals surface area (Å²) in [7, 11) is -1.35. The Balaban J connectivity index is 1.61. The Labute approximate surface area is 143 Å². The third-order valence-corrected chi connectivity index (χ3v) is 6.79. The van der Waals surface area contributed by atoms with E-state index in [1.54, 1.807) is 19.3 Å². The number of aromatic nitrogens is 1. The number of anilines is 1. The number of nitrogens with zero attached hydrogens (tertiary/aromatic N) is 2. The fourth-order valence-corrected chi connectivity index (χ4v) is 5.29. The van der Waals surface area contributed by atoms with Gasteiger partial charge >= 0.3 is 0 Å². The Kier molecular flexibility index (Phi) is 5.08. The lowest BCUT2D eigenvalue weighted by molar-refractivity contribution is 0.0742. The molecular formula is C17H25N3O3S. The van der Waals surface area contributed by atoms with Crippen molar-refractivity contribution < 1.29 is 13.2 Å². The highest BCUT2D eigenvalue weighted by molar-refractivity contribution is 7.91. The first kappa shape index (κ1) is 17.2. The highest BCUT2D eigenvalue weighted by atomic mass is 32.2. The molecule has 1 aliphatic carbocycles. The van der Waals surface area contributed by atoms with Crippen molar-refractivity contribution in [2.24, 2.45) is 0 Å². The Morgan fingerprint density at radius 1 is 1.21 bits per heavy atom. The van der Waals surface area contributed by atoms with Crippen molar-refractivity contribution in [2.75, 3.05) is 23.9 Å². The second kappa shape index (κ2) is 7.09. The van der Waals surface area contributed by atoms with Crippen LogP contribution in [-0.2, 0) is 9.84 Å². The van der Waals surface area contributed by atoms with E-state index in [-0.39, 0.29) is 23.5 Å². The summed E-state index contributed by atoms with van der Waals surface area (Å²) in [6, 6.07) is 3.85. The molecule has 0 bridgehead atoms. The summed E-state index contributed by atoms with van der Waals surface area (Å²) in [5.74, 6) is -0.00918. The zero-order valence-corrected chi connectivity index (χ0v) is 14.9. The summed E-state index contributed by atoms with van der Waals surface area (Å²) in [4.78, 5) is 18.3. The zero-order valence-electron chi connectivity index (χ0n) is 14.1. The molecule has 1 aromatic heterocycles. The molecular weight excluding hydrogens is 326 g/mol. The number of sulfone groups is 1. The number of carbonyl (C=O) groups is 1. The molecule has 1 saturated carbocycles. The molecule has 0 radical (unpaired) electrons. The summed E-state index contributed by atoms with van der Waals surface area (Å²) in [6.07, 6.45) is 8.40. The van der Waals surface area contributed by atoms with Gasteiger partial charge in [0.2, 0.25) is 0 Å². The average molecular weight is 351 g/mol. The standard InChI is InChI=1S/C17H25N3O3S/c1-20(15-9-10-24(22,23)12-15)17(21)16-8-7-14(11-18-16)19-13-5-3-2-4-6-13/h7-8,11,13,15,19H,2-6,9-10,12H2,1H3. The van der Waals surface area contributed by atoms with E-state index in [2.05, 4.69) is 10.3 Å². The summed E-state index contributed by atoms with van der Waals surface area (Å²) in [5.41, 5.74) is 1.29. The molecule has 7 heteroatoms. The first-order valence-electron chi connectivity index (χ1n) is 8.65. The Hall–Kier alpha value is -1.63. The molecule has 6 nitrogen and oxygen atoms in total. The second-order valence-electron chi connectivity index (χ2n) is 6.88. The molecule has 3 rings (SSSR count). The van der Waals surface area contributed by atoms with Gasteiger partial charge in [-0.3, -0.25) is 4.79 Å². The topological polar surface area (TPSA) is 79.4 Å². The van der Waals surface area contributed by atoms with Gasteiger partial charge in [0.1, 0.15) is 5.69 Å². The molecule has 1 aromatic rings. The van der Waals surface area contributed by atoms with Gasteiger partial charge < -0.3 is 10.2 Å². The summed E-state index contributed by atoms with van der Waals surface area (Å²) >= 11 is 0. The summed E-state index contributed by atoms with van der Waals surface area (Å²) < 4.78 is 23.2. The van der Waals surface area contributed by atoms with Crippen molar-refractivity contribution in [3.63, 3.8) is 0 Å². The SMILES string of the molecule is CN(C(=O)c1ccc(NC2CCCCC2)cn1)C1CCS(=O)(=O)C1. The minimum atomic E-state index is -3.00. The smallest absolute Gasteiger partial charge is 0.272 e. The highest BCUT2D eigenvalue weighted by Crippen LogP contribution is 2.22. The van der Waals surface area contributed by atoms with Crippen LogP contribution in [0, 0.1) is 0 Å². The number of hydrogen-bond donors (Lipinski definition) is 1. The predicted octanol–water partition coefficient (Wildman–Crippen LogP) is 2.09. The van der Waals surface area contributed by atoms with E-state index in [0.29, 0.717) is 18.2 Å². The van der Waals surface area contributed by atoms with Gasteiger partial charge in [-0.1, -0.05) is 19.3 Å². The van der Waals surface area contributed by atoms with Gasteiger partial charge in [-0.15, -0.1) is 0 Å². The van der Waals surface area contributed by atoms with Crippen LogP contribution in [0.5, 0.6) is 0 Å². The Morgan fingerprint density at radius 3 is 2.54 bits per heavy atom. The molecule has 1 unspecified atom stereocenters. The van der Waals surface area contributed by atoms with Crippen molar-refractivity contribution in [2.45, 2.75) is 50.6 Å². The highest BCUT2D eigenvalue weighted by Gasteiger charge is 2.33. The van der Waals surface area contributed by atoms with Gasteiger partial charge in [0.05, 0.1) is 23.4 Å². The summed E-state index contributed by atoms with van der Waals surface area (Å²) in [6.45, 7) is 0. The van der Waals surface area contributed by atoms with Crippen molar-refractivity contribution in [3.8, 4) is 0 Å². The van der Waals surface area contributed by atoms with Gasteiger partial charge in [0.15, 0.2) is 9.84 Å². The first-order valence-corrected chi connectivity index (χ1v) is 10.5. The molecule has 2 heterocycles. The third-order valence-electron chi connectivity index (χ3n) is 5.04. The molecule has 1 amide bonds. The molecule has 132 valence electrons. The van der Waals surface area contributed by atoms with Gasteiger partial charge in [-0.25, -0.2) is 13.4 Å². The van der Waals surface area contributed by atoms with Gasteiger partial charge in [0, 0.05) is 19.1 Å². The lowest BCUT2D eigenvalue weighted by Gasteiger charge is -2.24. The maximum Gasteiger partial charge on any atom is 0.272 e. The van der Waals surface area contributed by atoms with E-state index < -0.39 is 9.84 Å². The normalized spacial score (nSPS) is 23.8. The third kappa shape index (κ3) is 4.06. The van der Waals surface area contributed by atoms with E-state index in [9.17, 15) is 13.2 Å². The van der Waals surface area contributed by atoms with Crippen molar-refractivity contribution in [1.29, 1.82) is 0 Å². The van der Waals surface area contributed by atoms with Crippen LogP contribution < -0.4 is 5.32 Å². The quantitative estimate of drug-likeness (QED) is 0.898. The van der Waals surface area contributed by atoms with E-state index >= 15 is 0 Å². The van der Waals surface area contributed by atoms with Crippen LogP contribution in [0.15, 0.2) is 18.3 Å². The fraction of sp³-hybridized carbons (Fsp3) is 0.647. The molecule has 0 aromatic carbocycles. The van der Waals surface area contributed by atoms with Crippen molar-refractivity contribution in [3.05, 3.63) is 24.0 Å². The van der Waals surface area contributed by atoms with Crippen LogP contribution in [0.4, 0.5) is 5.69 Å². The zero-order chi connectivity index (χ0) is 17.2. The van der Waals surface area contributed by atoms with Crippen molar-refractivity contribution >= 4 is 21.4 Å². The average Bonchev–Trinajstić information content (AvgIpc) is 2.95. The number of amides is 1. The molecule has 2 aliphatic rings. The van der Waals surface area contributed by atoms with Gasteiger partial charge in [-0.2, -0.15) is 0 Å². The fourth-order valence-electron chi connectivity index (χ4n) is 3.52. The monoisotopic (exact) mass is 351 g/mol. The maximum absolute atomic E-state index is 12.5. The summed E-state index contributed by atoms with van der Waals surface area (Å²) in [5, 5.41) is 3.48. The lowest BCUT2D eigenvalue weighted by atomic mass is 9.95. The number of pyridine rings is 1. The largest absolute Gasteiger partial charge is 0.381 e. The van der Waals surface area contributed by atoms with Crippen LogP contribution >= 0.6 is 0 Å². The van der Waals surface area contributed by atoms with Crippen LogP contribution in [0.25, 0.3) is 0 Å². The van der Waals surface area contributed by atoms with Crippen LogP contribution in [0.3, 0.4) is 0 Å². The first-order chi connectivity index (χ1) is 11.4. The van der Waals surface area contributed by atoms with Crippen molar-refractivity contribution in [1.82, 2.24) is 9.88 Å². The van der Waals surface area contributed by atoms with Crippen LogP contribution in [0.1, 0.15) is 49.0 Å². The number of carbonyl (C=O) groups excluding carboxylic acids is 1. The Morgan fingerprint density at radius 2 is 1.96 bits per heavy atom. The number of hydrogen-bond acceptors (Lipinski definition) is 5. The minimum Gasteiger partial charge on any atom is -0.381 e. The molecule has 1 saturated heterocycles. The molecule has 1 N–H and O–H groups in total. The van der Waals surface area contributed by atoms with E-state index in [1.807, 2.05) is 6.07 Å². The van der Waals surface area contributed by atoms with E-state index in [4.69, 9.17) is 0 Å².